The summed E-state index contributed by atoms with van der Waals surface area (Å²) in [6.07, 6.45) is 3.47. The molecular weight excluding hydrogens is 402 g/mol. The van der Waals surface area contributed by atoms with Crippen LogP contribution in [0, 0.1) is 22.7 Å². The highest BCUT2D eigenvalue weighted by atomic mass is 32.2. The lowest BCUT2D eigenvalue weighted by molar-refractivity contribution is -0.115. The first-order valence-corrected chi connectivity index (χ1v) is 12.1. The van der Waals surface area contributed by atoms with Gasteiger partial charge in [-0.2, -0.15) is 5.26 Å². The van der Waals surface area contributed by atoms with Crippen molar-refractivity contribution in [1.82, 2.24) is 4.98 Å². The molecule has 1 heterocycles. The second-order valence-corrected chi connectivity index (χ2v) is 10.9. The minimum Gasteiger partial charge on any atom is -0.326 e. The van der Waals surface area contributed by atoms with Crippen molar-refractivity contribution in [2.24, 2.45) is 11.3 Å². The second kappa shape index (κ2) is 9.87. The Labute approximate surface area is 190 Å². The number of nitriles is 1. The van der Waals surface area contributed by atoms with Crippen molar-refractivity contribution in [3.63, 3.8) is 0 Å². The average molecular weight is 436 g/mol. The number of anilines is 1. The van der Waals surface area contributed by atoms with Gasteiger partial charge in [-0.1, -0.05) is 46.8 Å². The standard InChI is InChI=1S/C26H33N3OS/c1-17(2)18-6-9-22(10-7-18)28-24(30)12-13-31-25-20(16-27)14-19-15-21(26(3,4)5)8-11-23(19)29-25/h6-7,9-10,14,17,21H,8,11-13,15H2,1-5H3,(H,28,30). The van der Waals surface area contributed by atoms with Crippen molar-refractivity contribution < 1.29 is 4.79 Å². The lowest BCUT2D eigenvalue weighted by atomic mass is 9.71. The molecule has 0 saturated heterocycles. The van der Waals surface area contributed by atoms with Crippen molar-refractivity contribution in [2.75, 3.05) is 11.1 Å². The quantitative estimate of drug-likeness (QED) is 0.537. The Morgan fingerprint density at radius 3 is 2.61 bits per heavy atom. The molecule has 164 valence electrons. The van der Waals surface area contributed by atoms with Gasteiger partial charge in [-0.3, -0.25) is 4.79 Å². The van der Waals surface area contributed by atoms with Gasteiger partial charge in [0.05, 0.1) is 5.56 Å². The molecule has 1 aliphatic rings. The smallest absolute Gasteiger partial charge is 0.225 e. The molecule has 1 amide bonds. The molecule has 4 nitrogen and oxygen atoms in total. The monoisotopic (exact) mass is 435 g/mol. The Kier molecular flexibility index (Phi) is 7.43. The normalized spacial score (nSPS) is 16.0. The molecule has 2 aromatic rings. The molecule has 1 atom stereocenters. The molecule has 5 heteroatoms. The molecule has 1 N–H and O–H groups in total. The largest absolute Gasteiger partial charge is 0.326 e. The molecule has 1 aliphatic carbocycles. The second-order valence-electron chi connectivity index (χ2n) is 9.79. The summed E-state index contributed by atoms with van der Waals surface area (Å²) in [4.78, 5) is 17.1. The van der Waals surface area contributed by atoms with Gasteiger partial charge in [-0.05, 0) is 65.8 Å². The molecule has 3 rings (SSSR count). The van der Waals surface area contributed by atoms with Gasteiger partial charge in [0.25, 0.3) is 0 Å². The van der Waals surface area contributed by atoms with Crippen molar-refractivity contribution in [1.29, 1.82) is 5.26 Å². The molecule has 0 fully saturated rings. The third kappa shape index (κ3) is 6.11. The summed E-state index contributed by atoms with van der Waals surface area (Å²) in [5, 5.41) is 13.3. The fourth-order valence-electron chi connectivity index (χ4n) is 3.99. The van der Waals surface area contributed by atoms with E-state index in [0.717, 1.165) is 35.7 Å². The van der Waals surface area contributed by atoms with Crippen molar-refractivity contribution in [3.05, 3.63) is 52.7 Å². The third-order valence-corrected chi connectivity index (χ3v) is 7.12. The fraction of sp³-hybridized carbons (Fsp3) is 0.500. The molecule has 0 bridgehead atoms. The van der Waals surface area contributed by atoms with Crippen LogP contribution in [0.5, 0.6) is 0 Å². The number of rotatable bonds is 6. The molecule has 0 radical (unpaired) electrons. The Morgan fingerprint density at radius 1 is 1.29 bits per heavy atom. The average Bonchev–Trinajstić information content (AvgIpc) is 2.72. The van der Waals surface area contributed by atoms with Gasteiger partial charge in [-0.15, -0.1) is 11.8 Å². The predicted octanol–water partition coefficient (Wildman–Crippen LogP) is 6.35. The summed E-state index contributed by atoms with van der Waals surface area (Å²) >= 11 is 1.50. The summed E-state index contributed by atoms with van der Waals surface area (Å²) in [6.45, 7) is 11.2. The van der Waals surface area contributed by atoms with Crippen molar-refractivity contribution >= 4 is 23.4 Å². The first-order chi connectivity index (χ1) is 14.7. The Balaban J connectivity index is 1.58. The van der Waals surface area contributed by atoms with E-state index < -0.39 is 0 Å². The van der Waals surface area contributed by atoms with Gasteiger partial charge in [0, 0.05) is 23.6 Å². The maximum absolute atomic E-state index is 12.3. The number of carbonyl (C=O) groups is 1. The SMILES string of the molecule is CC(C)c1ccc(NC(=O)CCSc2nc3c(cc2C#N)CC(C(C)(C)C)CC3)cc1. The highest BCUT2D eigenvalue weighted by Crippen LogP contribution is 2.38. The number of nitrogens with zero attached hydrogens (tertiary/aromatic N) is 2. The summed E-state index contributed by atoms with van der Waals surface area (Å²) in [7, 11) is 0. The fourth-order valence-corrected chi connectivity index (χ4v) is 4.91. The minimum absolute atomic E-state index is 0.0192. The number of hydrogen-bond donors (Lipinski definition) is 1. The predicted molar refractivity (Wildman–Crippen MR) is 128 cm³/mol. The number of pyridine rings is 1. The van der Waals surface area contributed by atoms with Crippen LogP contribution >= 0.6 is 11.8 Å². The summed E-state index contributed by atoms with van der Waals surface area (Å²) < 4.78 is 0. The number of aromatic nitrogens is 1. The van der Waals surface area contributed by atoms with Crippen LogP contribution in [0.15, 0.2) is 35.4 Å². The van der Waals surface area contributed by atoms with Gasteiger partial charge < -0.3 is 5.32 Å². The van der Waals surface area contributed by atoms with E-state index in [4.69, 9.17) is 4.98 Å². The van der Waals surface area contributed by atoms with E-state index in [-0.39, 0.29) is 11.3 Å². The number of benzene rings is 1. The van der Waals surface area contributed by atoms with Crippen LogP contribution in [0.25, 0.3) is 0 Å². The van der Waals surface area contributed by atoms with E-state index in [9.17, 15) is 10.1 Å². The van der Waals surface area contributed by atoms with Gasteiger partial charge >= 0.3 is 0 Å². The maximum atomic E-state index is 12.3. The molecule has 0 spiro atoms. The Hall–Kier alpha value is -2.32. The molecule has 1 aromatic carbocycles. The van der Waals surface area contributed by atoms with E-state index in [0.29, 0.717) is 29.6 Å². The van der Waals surface area contributed by atoms with Gasteiger partial charge in [0.1, 0.15) is 11.1 Å². The van der Waals surface area contributed by atoms with Crippen LogP contribution in [0.4, 0.5) is 5.69 Å². The molecular formula is C26H33N3OS. The van der Waals surface area contributed by atoms with Crippen LogP contribution < -0.4 is 5.32 Å². The van der Waals surface area contributed by atoms with Gasteiger partial charge in [-0.25, -0.2) is 4.98 Å². The minimum atomic E-state index is -0.0192. The zero-order chi connectivity index (χ0) is 22.6. The highest BCUT2D eigenvalue weighted by Gasteiger charge is 2.30. The van der Waals surface area contributed by atoms with Crippen LogP contribution in [0.3, 0.4) is 0 Å². The number of aryl methyl sites for hydroxylation is 1. The molecule has 0 aliphatic heterocycles. The van der Waals surface area contributed by atoms with Crippen LogP contribution in [-0.2, 0) is 17.6 Å². The van der Waals surface area contributed by atoms with E-state index in [2.05, 4.69) is 58.1 Å². The lowest BCUT2D eigenvalue weighted by Crippen LogP contribution is -2.27. The van der Waals surface area contributed by atoms with Crippen LogP contribution in [0.1, 0.15) is 75.8 Å². The number of fused-ring (bicyclic) bond motifs is 1. The van der Waals surface area contributed by atoms with E-state index >= 15 is 0 Å². The lowest BCUT2D eigenvalue weighted by Gasteiger charge is -2.34. The van der Waals surface area contributed by atoms with Gasteiger partial charge in [0.15, 0.2) is 0 Å². The van der Waals surface area contributed by atoms with E-state index in [1.54, 1.807) is 0 Å². The topological polar surface area (TPSA) is 65.8 Å². The van der Waals surface area contributed by atoms with Gasteiger partial charge in [0.2, 0.25) is 5.91 Å². The van der Waals surface area contributed by atoms with Crippen LogP contribution in [0.2, 0.25) is 0 Å². The third-order valence-electron chi connectivity index (χ3n) is 6.13. The molecule has 31 heavy (non-hydrogen) atoms. The first kappa shape index (κ1) is 23.3. The number of hydrogen-bond acceptors (Lipinski definition) is 4. The number of carbonyl (C=O) groups excluding carboxylic acids is 1. The van der Waals surface area contributed by atoms with Crippen molar-refractivity contribution in [3.8, 4) is 6.07 Å². The zero-order valence-corrected chi connectivity index (χ0v) is 20.1. The van der Waals surface area contributed by atoms with Crippen molar-refractivity contribution in [2.45, 2.75) is 71.2 Å². The number of thioether (sulfide) groups is 1. The summed E-state index contributed by atoms with van der Waals surface area (Å²) in [6, 6.07) is 12.3. The molecule has 0 saturated carbocycles. The Bertz CT molecular complexity index is 968. The highest BCUT2D eigenvalue weighted by molar-refractivity contribution is 7.99. The molecule has 1 unspecified atom stereocenters. The Morgan fingerprint density at radius 2 is 2.00 bits per heavy atom. The van der Waals surface area contributed by atoms with E-state index in [1.807, 2.05) is 18.2 Å². The zero-order valence-electron chi connectivity index (χ0n) is 19.3. The van der Waals surface area contributed by atoms with Crippen LogP contribution in [-0.4, -0.2) is 16.6 Å². The van der Waals surface area contributed by atoms with E-state index in [1.165, 1.54) is 22.9 Å². The number of nitrogens with one attached hydrogen (secondary N) is 1. The first-order valence-electron chi connectivity index (χ1n) is 11.1. The summed E-state index contributed by atoms with van der Waals surface area (Å²) in [5.41, 5.74) is 5.30. The number of amides is 1. The summed E-state index contributed by atoms with van der Waals surface area (Å²) in [5.74, 6) is 1.67. The maximum Gasteiger partial charge on any atom is 0.225 e. The molecule has 1 aromatic heterocycles.